The van der Waals surface area contributed by atoms with Crippen molar-refractivity contribution in [1.82, 2.24) is 10.2 Å². The highest BCUT2D eigenvalue weighted by Gasteiger charge is 2.18. The van der Waals surface area contributed by atoms with E-state index in [4.69, 9.17) is 4.74 Å². The molecular weight excluding hydrogens is 372 g/mol. The molecule has 2 aromatic rings. The summed E-state index contributed by atoms with van der Waals surface area (Å²) in [5, 5.41) is 13.8. The average molecular weight is 398 g/mol. The van der Waals surface area contributed by atoms with Crippen LogP contribution in [0.3, 0.4) is 0 Å². The van der Waals surface area contributed by atoms with E-state index < -0.39 is 4.92 Å². The Morgan fingerprint density at radius 3 is 2.41 bits per heavy atom. The first-order chi connectivity index (χ1) is 14.0. The summed E-state index contributed by atoms with van der Waals surface area (Å²) in [5.41, 5.74) is 2.14. The number of rotatable bonds is 7. The fourth-order valence-electron chi connectivity index (χ4n) is 3.45. The fraction of sp³-hybridized carbons (Fsp3) is 0.381. The number of hydrogen-bond donors (Lipinski definition) is 1. The minimum atomic E-state index is -0.442. The highest BCUT2D eigenvalue weighted by molar-refractivity contribution is 5.94. The summed E-state index contributed by atoms with van der Waals surface area (Å²) < 4.78 is 5.20. The van der Waals surface area contributed by atoms with Crippen molar-refractivity contribution >= 4 is 17.3 Å². The van der Waals surface area contributed by atoms with Gasteiger partial charge in [0.1, 0.15) is 5.75 Å². The van der Waals surface area contributed by atoms with Gasteiger partial charge in [-0.15, -0.1) is 0 Å². The third-order valence-electron chi connectivity index (χ3n) is 5.18. The number of ether oxygens (including phenoxy) is 1. The summed E-state index contributed by atoms with van der Waals surface area (Å²) in [6, 6.07) is 12.5. The number of nitrogens with one attached hydrogen (secondary N) is 1. The number of carbonyl (C=O) groups is 1. The molecule has 0 aliphatic carbocycles. The molecule has 0 radical (unpaired) electrons. The van der Waals surface area contributed by atoms with Crippen LogP contribution in [0.15, 0.2) is 42.5 Å². The van der Waals surface area contributed by atoms with Crippen LogP contribution in [0.5, 0.6) is 5.75 Å². The normalized spacial score (nSPS) is 14.5. The maximum Gasteiger partial charge on any atom is 0.272 e. The van der Waals surface area contributed by atoms with Crippen LogP contribution in [-0.2, 0) is 0 Å². The third-order valence-corrected chi connectivity index (χ3v) is 5.18. The number of anilines is 1. The molecule has 1 heterocycles. The molecule has 29 heavy (non-hydrogen) atoms. The van der Waals surface area contributed by atoms with E-state index >= 15 is 0 Å². The molecule has 154 valence electrons. The summed E-state index contributed by atoms with van der Waals surface area (Å²) in [6.45, 7) is 6.67. The number of carbonyl (C=O) groups excluding carboxylic acids is 1. The molecule has 2 aromatic carbocycles. The van der Waals surface area contributed by atoms with Crippen molar-refractivity contribution in [3.63, 3.8) is 0 Å². The topological polar surface area (TPSA) is 88.0 Å². The maximum absolute atomic E-state index is 12.3. The van der Waals surface area contributed by atoms with Gasteiger partial charge in [-0.3, -0.25) is 19.8 Å². The van der Waals surface area contributed by atoms with E-state index in [0.717, 1.165) is 38.5 Å². The van der Waals surface area contributed by atoms with Crippen LogP contribution < -0.4 is 15.0 Å². The van der Waals surface area contributed by atoms with Gasteiger partial charge in [0.05, 0.1) is 12.0 Å². The lowest BCUT2D eigenvalue weighted by Gasteiger charge is -2.36. The Labute approximate surface area is 170 Å². The third kappa shape index (κ3) is 5.23. The highest BCUT2D eigenvalue weighted by Crippen LogP contribution is 2.21. The molecule has 3 rings (SSSR count). The SMILES string of the molecule is COc1ccc(N2CCN(CCNC(=O)c3ccc([N+](=O)[O-])c(C)c3)CC2)cc1. The molecule has 0 bridgehead atoms. The molecule has 1 aliphatic rings. The molecule has 1 fully saturated rings. The van der Waals surface area contributed by atoms with E-state index in [-0.39, 0.29) is 11.6 Å². The number of nitro groups is 1. The van der Waals surface area contributed by atoms with Gasteiger partial charge in [-0.1, -0.05) is 0 Å². The van der Waals surface area contributed by atoms with E-state index in [0.29, 0.717) is 17.7 Å². The second kappa shape index (κ2) is 9.38. The lowest BCUT2D eigenvalue weighted by Crippen LogP contribution is -2.48. The fourth-order valence-corrected chi connectivity index (χ4v) is 3.45. The van der Waals surface area contributed by atoms with E-state index in [1.807, 2.05) is 12.1 Å². The van der Waals surface area contributed by atoms with Crippen LogP contribution >= 0.6 is 0 Å². The number of nitro benzene ring substituents is 1. The Bertz CT molecular complexity index is 861. The van der Waals surface area contributed by atoms with Gasteiger partial charge in [0.2, 0.25) is 0 Å². The molecule has 0 saturated carbocycles. The second-order valence-corrected chi connectivity index (χ2v) is 7.04. The van der Waals surface area contributed by atoms with Gasteiger partial charge in [0, 0.05) is 62.1 Å². The molecule has 0 spiro atoms. The van der Waals surface area contributed by atoms with Crippen LogP contribution in [0, 0.1) is 17.0 Å². The van der Waals surface area contributed by atoms with E-state index in [1.165, 1.54) is 17.8 Å². The molecule has 0 atom stereocenters. The average Bonchev–Trinajstić information content (AvgIpc) is 2.74. The Kier molecular flexibility index (Phi) is 6.66. The van der Waals surface area contributed by atoms with Crippen molar-refractivity contribution in [3.8, 4) is 5.75 Å². The summed E-state index contributed by atoms with van der Waals surface area (Å²) in [6.07, 6.45) is 0. The minimum absolute atomic E-state index is 0.0243. The quantitative estimate of drug-likeness (QED) is 0.569. The summed E-state index contributed by atoms with van der Waals surface area (Å²) in [7, 11) is 1.66. The lowest BCUT2D eigenvalue weighted by molar-refractivity contribution is -0.385. The van der Waals surface area contributed by atoms with Gasteiger partial charge in [-0.05, 0) is 43.3 Å². The Balaban J connectivity index is 1.43. The molecule has 8 nitrogen and oxygen atoms in total. The predicted octanol–water partition coefficient (Wildman–Crippen LogP) is 2.46. The molecule has 0 unspecified atom stereocenters. The van der Waals surface area contributed by atoms with E-state index in [1.54, 1.807) is 20.1 Å². The number of nitrogens with zero attached hydrogens (tertiary/aromatic N) is 3. The van der Waals surface area contributed by atoms with Gasteiger partial charge >= 0.3 is 0 Å². The van der Waals surface area contributed by atoms with Gasteiger partial charge in [0.15, 0.2) is 0 Å². The molecular formula is C21H26N4O4. The zero-order valence-corrected chi connectivity index (χ0v) is 16.8. The Morgan fingerprint density at radius 1 is 1.14 bits per heavy atom. The monoisotopic (exact) mass is 398 g/mol. The number of hydrogen-bond acceptors (Lipinski definition) is 6. The number of methoxy groups -OCH3 is 1. The summed E-state index contributed by atoms with van der Waals surface area (Å²) in [5.74, 6) is 0.645. The Hall–Kier alpha value is -3.13. The zero-order valence-electron chi connectivity index (χ0n) is 16.8. The Morgan fingerprint density at radius 2 is 1.83 bits per heavy atom. The number of amides is 1. The van der Waals surface area contributed by atoms with Crippen LogP contribution in [0.2, 0.25) is 0 Å². The molecule has 1 aliphatic heterocycles. The largest absolute Gasteiger partial charge is 0.497 e. The number of aryl methyl sites for hydroxylation is 1. The zero-order chi connectivity index (χ0) is 20.8. The summed E-state index contributed by atoms with van der Waals surface area (Å²) in [4.78, 5) is 27.4. The van der Waals surface area contributed by atoms with Crippen molar-refractivity contribution < 1.29 is 14.5 Å². The second-order valence-electron chi connectivity index (χ2n) is 7.04. The van der Waals surface area contributed by atoms with Gasteiger partial charge in [0.25, 0.3) is 11.6 Å². The minimum Gasteiger partial charge on any atom is -0.497 e. The maximum atomic E-state index is 12.3. The van der Waals surface area contributed by atoms with Crippen LogP contribution in [0.4, 0.5) is 11.4 Å². The van der Waals surface area contributed by atoms with Gasteiger partial charge in [-0.25, -0.2) is 0 Å². The first-order valence-corrected chi connectivity index (χ1v) is 9.62. The first kappa shape index (κ1) is 20.6. The van der Waals surface area contributed by atoms with Crippen molar-refractivity contribution in [2.24, 2.45) is 0 Å². The van der Waals surface area contributed by atoms with E-state index in [9.17, 15) is 14.9 Å². The van der Waals surface area contributed by atoms with Gasteiger partial charge < -0.3 is 15.0 Å². The molecule has 1 saturated heterocycles. The van der Waals surface area contributed by atoms with Crippen LogP contribution in [-0.4, -0.2) is 62.1 Å². The predicted molar refractivity (Wildman–Crippen MR) is 112 cm³/mol. The number of piperazine rings is 1. The van der Waals surface area contributed by atoms with Crippen LogP contribution in [0.1, 0.15) is 15.9 Å². The highest BCUT2D eigenvalue weighted by atomic mass is 16.6. The molecule has 8 heteroatoms. The molecule has 1 N–H and O–H groups in total. The van der Waals surface area contributed by atoms with Crippen molar-refractivity contribution in [2.75, 3.05) is 51.3 Å². The van der Waals surface area contributed by atoms with E-state index in [2.05, 4.69) is 27.2 Å². The van der Waals surface area contributed by atoms with Crippen LogP contribution in [0.25, 0.3) is 0 Å². The number of benzene rings is 2. The van der Waals surface area contributed by atoms with Crippen molar-refractivity contribution in [3.05, 3.63) is 63.7 Å². The molecule has 1 amide bonds. The smallest absolute Gasteiger partial charge is 0.272 e. The van der Waals surface area contributed by atoms with Crippen molar-refractivity contribution in [1.29, 1.82) is 0 Å². The molecule has 0 aromatic heterocycles. The first-order valence-electron chi connectivity index (χ1n) is 9.62. The van der Waals surface area contributed by atoms with Gasteiger partial charge in [-0.2, -0.15) is 0 Å². The standard InChI is InChI=1S/C21H26N4O4/c1-16-15-17(3-8-20(16)25(27)28)21(26)22-9-10-23-11-13-24(14-12-23)18-4-6-19(29-2)7-5-18/h3-8,15H,9-14H2,1-2H3,(H,22,26). The van der Waals surface area contributed by atoms with Crippen molar-refractivity contribution in [2.45, 2.75) is 6.92 Å². The summed E-state index contributed by atoms with van der Waals surface area (Å²) >= 11 is 0. The lowest BCUT2D eigenvalue weighted by atomic mass is 10.1.